The van der Waals surface area contributed by atoms with Gasteiger partial charge in [-0.3, -0.25) is 9.20 Å². The summed E-state index contributed by atoms with van der Waals surface area (Å²) < 4.78 is 34.9. The van der Waals surface area contributed by atoms with Crippen LogP contribution in [0.2, 0.25) is 0 Å². The fourth-order valence-corrected chi connectivity index (χ4v) is 2.77. The fourth-order valence-electron chi connectivity index (χ4n) is 2.77. The molecule has 0 bridgehead atoms. The van der Waals surface area contributed by atoms with Crippen LogP contribution in [-0.4, -0.2) is 27.4 Å². The number of aromatic nitrogens is 2. The summed E-state index contributed by atoms with van der Waals surface area (Å²) in [5, 5.41) is 2.84. The highest BCUT2D eigenvalue weighted by molar-refractivity contribution is 5.95. The van der Waals surface area contributed by atoms with E-state index >= 15 is 0 Å². The van der Waals surface area contributed by atoms with Crippen LogP contribution in [-0.2, 0) is 6.61 Å². The molecular formula is C20H22F2N4O2. The molecule has 2 aromatic heterocycles. The van der Waals surface area contributed by atoms with Crippen LogP contribution in [0.15, 0.2) is 36.5 Å². The molecule has 0 radical (unpaired) electrons. The highest BCUT2D eigenvalue weighted by atomic mass is 19.1. The molecule has 1 aromatic carbocycles. The molecule has 2 atom stereocenters. The van der Waals surface area contributed by atoms with Crippen molar-refractivity contribution in [2.75, 3.05) is 0 Å². The predicted octanol–water partition coefficient (Wildman–Crippen LogP) is 2.97. The van der Waals surface area contributed by atoms with Crippen molar-refractivity contribution in [1.82, 2.24) is 14.7 Å². The van der Waals surface area contributed by atoms with Gasteiger partial charge in [0.15, 0.2) is 11.4 Å². The first-order chi connectivity index (χ1) is 13.3. The van der Waals surface area contributed by atoms with Crippen molar-refractivity contribution in [3.8, 4) is 5.75 Å². The Bertz CT molecular complexity index is 997. The number of nitrogens with zero attached hydrogens (tertiary/aromatic N) is 2. The molecule has 0 aliphatic heterocycles. The molecule has 0 aliphatic carbocycles. The Morgan fingerprint density at radius 2 is 1.93 bits per heavy atom. The van der Waals surface area contributed by atoms with E-state index in [9.17, 15) is 13.6 Å². The van der Waals surface area contributed by atoms with E-state index in [-0.39, 0.29) is 30.2 Å². The minimum atomic E-state index is -0.684. The molecule has 3 aromatic rings. The molecule has 148 valence electrons. The van der Waals surface area contributed by atoms with E-state index in [0.29, 0.717) is 22.8 Å². The fraction of sp³-hybridized carbons (Fsp3) is 0.300. The number of carbonyl (C=O) groups excluding carboxylic acids is 1. The molecule has 0 saturated heterocycles. The summed E-state index contributed by atoms with van der Waals surface area (Å²) in [7, 11) is 0. The number of halogens is 2. The Labute approximate surface area is 161 Å². The van der Waals surface area contributed by atoms with Crippen LogP contribution in [0.3, 0.4) is 0 Å². The highest BCUT2D eigenvalue weighted by Gasteiger charge is 2.21. The van der Waals surface area contributed by atoms with Gasteiger partial charge in [-0.1, -0.05) is 6.07 Å². The van der Waals surface area contributed by atoms with Crippen LogP contribution in [0.25, 0.3) is 5.65 Å². The maximum Gasteiger partial charge on any atom is 0.270 e. The average Bonchev–Trinajstić information content (AvgIpc) is 2.97. The third-order valence-electron chi connectivity index (χ3n) is 4.58. The number of ether oxygens (including phenoxy) is 1. The van der Waals surface area contributed by atoms with Crippen LogP contribution in [0.5, 0.6) is 5.75 Å². The second kappa shape index (κ2) is 7.93. The average molecular weight is 388 g/mol. The summed E-state index contributed by atoms with van der Waals surface area (Å²) in [6.45, 7) is 5.03. The molecule has 1 unspecified atom stereocenters. The lowest BCUT2D eigenvalue weighted by Crippen LogP contribution is -2.44. The monoisotopic (exact) mass is 388 g/mol. The highest BCUT2D eigenvalue weighted by Crippen LogP contribution is 2.24. The number of carbonyl (C=O) groups is 1. The molecular weight excluding hydrogens is 366 g/mol. The van der Waals surface area contributed by atoms with Gasteiger partial charge in [0.25, 0.3) is 5.91 Å². The van der Waals surface area contributed by atoms with Crippen molar-refractivity contribution in [1.29, 1.82) is 0 Å². The predicted molar refractivity (Wildman–Crippen MR) is 101 cm³/mol. The summed E-state index contributed by atoms with van der Waals surface area (Å²) in [4.78, 5) is 17.1. The van der Waals surface area contributed by atoms with Crippen molar-refractivity contribution >= 4 is 11.6 Å². The third kappa shape index (κ3) is 3.82. The lowest BCUT2D eigenvalue weighted by atomic mass is 10.2. The SMILES string of the molecule is Cc1nc2c(OCc3c(F)cccc3F)cccn2c1C(=O)NC(C)[C@H](C)N. The molecule has 8 heteroatoms. The number of hydrogen-bond acceptors (Lipinski definition) is 4. The summed E-state index contributed by atoms with van der Waals surface area (Å²) >= 11 is 0. The van der Waals surface area contributed by atoms with Gasteiger partial charge in [-0.25, -0.2) is 13.8 Å². The van der Waals surface area contributed by atoms with Gasteiger partial charge >= 0.3 is 0 Å². The van der Waals surface area contributed by atoms with Gasteiger partial charge in [-0.2, -0.15) is 0 Å². The number of fused-ring (bicyclic) bond motifs is 1. The first-order valence-corrected chi connectivity index (χ1v) is 8.89. The van der Waals surface area contributed by atoms with Gasteiger partial charge in [0.05, 0.1) is 11.3 Å². The number of nitrogens with two attached hydrogens (primary N) is 1. The number of nitrogens with one attached hydrogen (secondary N) is 1. The van der Waals surface area contributed by atoms with Gasteiger partial charge in [-0.15, -0.1) is 0 Å². The van der Waals surface area contributed by atoms with Crippen molar-refractivity contribution in [2.45, 2.75) is 39.5 Å². The van der Waals surface area contributed by atoms with E-state index in [1.54, 1.807) is 36.6 Å². The van der Waals surface area contributed by atoms with E-state index in [0.717, 1.165) is 0 Å². The topological polar surface area (TPSA) is 81.7 Å². The van der Waals surface area contributed by atoms with E-state index < -0.39 is 11.6 Å². The normalized spacial score (nSPS) is 13.4. The number of amides is 1. The molecule has 0 spiro atoms. The molecule has 6 nitrogen and oxygen atoms in total. The Hall–Kier alpha value is -3.00. The minimum absolute atomic E-state index is 0.170. The Morgan fingerprint density at radius 3 is 2.57 bits per heavy atom. The molecule has 28 heavy (non-hydrogen) atoms. The molecule has 0 saturated carbocycles. The number of imidazole rings is 1. The summed E-state index contributed by atoms with van der Waals surface area (Å²) in [5.41, 5.74) is 6.88. The summed E-state index contributed by atoms with van der Waals surface area (Å²) in [6, 6.07) is 6.51. The quantitative estimate of drug-likeness (QED) is 0.680. The summed E-state index contributed by atoms with van der Waals surface area (Å²) in [5.74, 6) is -1.37. The van der Waals surface area contributed by atoms with E-state index in [1.807, 2.05) is 6.92 Å². The Morgan fingerprint density at radius 1 is 1.25 bits per heavy atom. The number of benzene rings is 1. The maximum atomic E-state index is 13.8. The van der Waals surface area contributed by atoms with E-state index in [4.69, 9.17) is 10.5 Å². The zero-order valence-corrected chi connectivity index (χ0v) is 15.9. The smallest absolute Gasteiger partial charge is 0.270 e. The first kappa shape index (κ1) is 19.8. The van der Waals surface area contributed by atoms with Crippen LogP contribution in [0, 0.1) is 18.6 Å². The number of rotatable bonds is 6. The van der Waals surface area contributed by atoms with Crippen molar-refractivity contribution in [3.63, 3.8) is 0 Å². The molecule has 0 aliphatic rings. The van der Waals surface area contributed by atoms with E-state index in [2.05, 4.69) is 10.3 Å². The molecule has 1 amide bonds. The zero-order chi connectivity index (χ0) is 20.4. The number of hydrogen-bond donors (Lipinski definition) is 2. The van der Waals surface area contributed by atoms with Crippen molar-refractivity contribution < 1.29 is 18.3 Å². The molecule has 0 fully saturated rings. The van der Waals surface area contributed by atoms with Crippen LogP contribution in [0.4, 0.5) is 8.78 Å². The number of aryl methyl sites for hydroxylation is 1. The standard InChI is InChI=1S/C20H22F2N4O2/c1-11(23)12(2)25-20(27)18-13(3)24-19-17(8-5-9-26(18)19)28-10-14-15(21)6-4-7-16(14)22/h4-9,11-12H,10,23H2,1-3H3,(H,25,27)/t11-,12?/m0/s1. The third-order valence-corrected chi connectivity index (χ3v) is 4.58. The van der Waals surface area contributed by atoms with Crippen LogP contribution >= 0.6 is 0 Å². The molecule has 2 heterocycles. The molecule has 3 rings (SSSR count). The summed E-state index contributed by atoms with van der Waals surface area (Å²) in [6.07, 6.45) is 1.68. The van der Waals surface area contributed by atoms with E-state index in [1.165, 1.54) is 18.2 Å². The maximum absolute atomic E-state index is 13.8. The van der Waals surface area contributed by atoms with Gasteiger partial charge in [0, 0.05) is 18.3 Å². The van der Waals surface area contributed by atoms with Crippen LogP contribution < -0.4 is 15.8 Å². The zero-order valence-electron chi connectivity index (χ0n) is 15.9. The lowest BCUT2D eigenvalue weighted by Gasteiger charge is -2.17. The van der Waals surface area contributed by atoms with Crippen molar-refractivity contribution in [2.24, 2.45) is 5.73 Å². The van der Waals surface area contributed by atoms with Gasteiger partial charge in [-0.05, 0) is 45.0 Å². The minimum Gasteiger partial charge on any atom is -0.485 e. The second-order valence-corrected chi connectivity index (χ2v) is 6.72. The van der Waals surface area contributed by atoms with Gasteiger partial charge in [0.1, 0.15) is 23.9 Å². The first-order valence-electron chi connectivity index (χ1n) is 8.89. The lowest BCUT2D eigenvalue weighted by molar-refractivity contribution is 0.0929. The van der Waals surface area contributed by atoms with Crippen LogP contribution in [0.1, 0.15) is 35.6 Å². The van der Waals surface area contributed by atoms with Gasteiger partial charge < -0.3 is 15.8 Å². The van der Waals surface area contributed by atoms with Crippen molar-refractivity contribution in [3.05, 3.63) is 65.1 Å². The molecule has 3 N–H and O–H groups in total. The van der Waals surface area contributed by atoms with Gasteiger partial charge in [0.2, 0.25) is 0 Å². The number of pyridine rings is 1. The Kier molecular flexibility index (Phi) is 5.60. The largest absolute Gasteiger partial charge is 0.485 e. The Balaban J connectivity index is 1.91. The second-order valence-electron chi connectivity index (χ2n) is 6.72.